The summed E-state index contributed by atoms with van der Waals surface area (Å²) in [6.07, 6.45) is 0. The lowest BCUT2D eigenvalue weighted by molar-refractivity contribution is 0.0617. The molecule has 1 aliphatic heterocycles. The molecule has 19 heavy (non-hydrogen) atoms. The van der Waals surface area contributed by atoms with Crippen LogP contribution in [-0.4, -0.2) is 48.8 Å². The monoisotopic (exact) mass is 263 g/mol. The number of aliphatic imine (C=N–C) groups is 1. The summed E-state index contributed by atoms with van der Waals surface area (Å²) in [4.78, 5) is 6.29. The van der Waals surface area contributed by atoms with E-state index >= 15 is 0 Å². The van der Waals surface area contributed by atoms with Crippen molar-refractivity contribution < 1.29 is 9.84 Å². The fourth-order valence-electron chi connectivity index (χ4n) is 2.02. The molecule has 0 aromatic heterocycles. The predicted octanol–water partition coefficient (Wildman–Crippen LogP) is 0.541. The zero-order chi connectivity index (χ0) is 13.7. The van der Waals surface area contributed by atoms with Crippen molar-refractivity contribution in [1.82, 2.24) is 4.90 Å². The molecule has 1 atom stereocenters. The van der Waals surface area contributed by atoms with Gasteiger partial charge in [0, 0.05) is 13.1 Å². The van der Waals surface area contributed by atoms with Gasteiger partial charge in [-0.3, -0.25) is 0 Å². The second-order valence-electron chi connectivity index (χ2n) is 4.91. The molecule has 5 heteroatoms. The molecule has 0 radical (unpaired) electrons. The minimum atomic E-state index is -1.00. The smallest absolute Gasteiger partial charge is 0.191 e. The molecule has 0 bridgehead atoms. The van der Waals surface area contributed by atoms with Crippen LogP contribution < -0.4 is 5.73 Å². The first kappa shape index (κ1) is 13.8. The first-order valence-electron chi connectivity index (χ1n) is 6.50. The van der Waals surface area contributed by atoms with Crippen molar-refractivity contribution in [3.63, 3.8) is 0 Å². The molecule has 5 nitrogen and oxygen atoms in total. The lowest BCUT2D eigenvalue weighted by Crippen LogP contribution is -2.45. The van der Waals surface area contributed by atoms with Gasteiger partial charge in [0.15, 0.2) is 5.96 Å². The van der Waals surface area contributed by atoms with Crippen molar-refractivity contribution in [2.75, 3.05) is 32.8 Å². The number of benzene rings is 1. The van der Waals surface area contributed by atoms with Crippen molar-refractivity contribution >= 4 is 5.96 Å². The van der Waals surface area contributed by atoms with E-state index in [2.05, 4.69) is 4.99 Å². The minimum Gasteiger partial charge on any atom is -0.384 e. The summed E-state index contributed by atoms with van der Waals surface area (Å²) < 4.78 is 5.26. The molecule has 104 valence electrons. The van der Waals surface area contributed by atoms with Gasteiger partial charge in [-0.05, 0) is 12.5 Å². The van der Waals surface area contributed by atoms with Gasteiger partial charge in [-0.2, -0.15) is 0 Å². The Morgan fingerprint density at radius 3 is 2.63 bits per heavy atom. The summed E-state index contributed by atoms with van der Waals surface area (Å²) in [6.45, 7) is 4.85. The maximum Gasteiger partial charge on any atom is 0.191 e. The van der Waals surface area contributed by atoms with Gasteiger partial charge in [-0.15, -0.1) is 0 Å². The maximum absolute atomic E-state index is 10.4. The molecule has 0 saturated carbocycles. The Balaban J connectivity index is 2.00. The van der Waals surface area contributed by atoms with Crippen LogP contribution >= 0.6 is 0 Å². The van der Waals surface area contributed by atoms with Crippen LogP contribution in [0.4, 0.5) is 0 Å². The molecule has 0 spiro atoms. The number of morpholine rings is 1. The average molecular weight is 263 g/mol. The summed E-state index contributed by atoms with van der Waals surface area (Å²) in [5.74, 6) is 0.472. The number of guanidine groups is 1. The topological polar surface area (TPSA) is 71.1 Å². The van der Waals surface area contributed by atoms with Gasteiger partial charge in [0.25, 0.3) is 0 Å². The molecule has 1 aliphatic rings. The van der Waals surface area contributed by atoms with E-state index in [1.54, 1.807) is 6.92 Å². The van der Waals surface area contributed by atoms with Gasteiger partial charge in [0.1, 0.15) is 5.60 Å². The molecule has 1 heterocycles. The zero-order valence-corrected chi connectivity index (χ0v) is 11.2. The summed E-state index contributed by atoms with van der Waals surface area (Å²) >= 11 is 0. The Hall–Kier alpha value is -1.59. The highest BCUT2D eigenvalue weighted by Crippen LogP contribution is 2.20. The van der Waals surface area contributed by atoms with Crippen LogP contribution in [0.1, 0.15) is 12.5 Å². The maximum atomic E-state index is 10.4. The SMILES string of the molecule is CC(O)(CN=C(N)N1CCOCC1)c1ccccc1. The molecular formula is C14H21N3O2. The van der Waals surface area contributed by atoms with E-state index in [1.807, 2.05) is 35.2 Å². The number of ether oxygens (including phenoxy) is 1. The van der Waals surface area contributed by atoms with E-state index in [1.165, 1.54) is 0 Å². The molecule has 2 rings (SSSR count). The van der Waals surface area contributed by atoms with Gasteiger partial charge in [0.05, 0.1) is 19.8 Å². The Morgan fingerprint density at radius 1 is 1.37 bits per heavy atom. The van der Waals surface area contributed by atoms with Crippen LogP contribution in [0, 0.1) is 0 Å². The van der Waals surface area contributed by atoms with Crippen LogP contribution in [-0.2, 0) is 10.3 Å². The van der Waals surface area contributed by atoms with E-state index in [9.17, 15) is 5.11 Å². The highest BCUT2D eigenvalue weighted by atomic mass is 16.5. The highest BCUT2D eigenvalue weighted by molar-refractivity contribution is 5.78. The third kappa shape index (κ3) is 3.68. The standard InChI is InChI=1S/C14H21N3O2/c1-14(18,12-5-3-2-4-6-12)11-16-13(15)17-7-9-19-10-8-17/h2-6,18H,7-11H2,1H3,(H2,15,16). The van der Waals surface area contributed by atoms with Crippen molar-refractivity contribution in [3.8, 4) is 0 Å². The second-order valence-corrected chi connectivity index (χ2v) is 4.91. The number of aliphatic hydroxyl groups is 1. The highest BCUT2D eigenvalue weighted by Gasteiger charge is 2.23. The number of nitrogens with zero attached hydrogens (tertiary/aromatic N) is 2. The third-order valence-corrected chi connectivity index (χ3v) is 3.28. The summed E-state index contributed by atoms with van der Waals surface area (Å²) in [5.41, 5.74) is 5.78. The molecule has 0 amide bonds. The summed E-state index contributed by atoms with van der Waals surface area (Å²) in [6, 6.07) is 9.50. The Kier molecular flexibility index (Phi) is 4.39. The van der Waals surface area contributed by atoms with Crippen molar-refractivity contribution in [2.45, 2.75) is 12.5 Å². The van der Waals surface area contributed by atoms with Crippen molar-refractivity contribution in [1.29, 1.82) is 0 Å². The molecule has 3 N–H and O–H groups in total. The number of rotatable bonds is 3. The Bertz CT molecular complexity index is 426. The lowest BCUT2D eigenvalue weighted by Gasteiger charge is -2.28. The molecule has 1 saturated heterocycles. The van der Waals surface area contributed by atoms with Crippen LogP contribution in [0.25, 0.3) is 0 Å². The van der Waals surface area contributed by atoms with Crippen molar-refractivity contribution in [3.05, 3.63) is 35.9 Å². The average Bonchev–Trinajstić information content (AvgIpc) is 2.47. The normalized spacial score (nSPS) is 20.1. The third-order valence-electron chi connectivity index (χ3n) is 3.28. The van der Waals surface area contributed by atoms with Gasteiger partial charge in [-0.25, -0.2) is 4.99 Å². The molecule has 1 aromatic carbocycles. The quantitative estimate of drug-likeness (QED) is 0.617. The minimum absolute atomic E-state index is 0.250. The number of hydrogen-bond donors (Lipinski definition) is 2. The lowest BCUT2D eigenvalue weighted by atomic mass is 9.96. The van der Waals surface area contributed by atoms with Gasteiger partial charge in [-0.1, -0.05) is 30.3 Å². The fourth-order valence-corrected chi connectivity index (χ4v) is 2.02. The first-order valence-corrected chi connectivity index (χ1v) is 6.50. The van der Waals surface area contributed by atoms with E-state index in [-0.39, 0.29) is 6.54 Å². The van der Waals surface area contributed by atoms with Gasteiger partial charge < -0.3 is 20.5 Å². The van der Waals surface area contributed by atoms with Crippen LogP contribution in [0.3, 0.4) is 0 Å². The fraction of sp³-hybridized carbons (Fsp3) is 0.500. The van der Waals surface area contributed by atoms with E-state index in [0.717, 1.165) is 18.7 Å². The van der Waals surface area contributed by atoms with E-state index in [4.69, 9.17) is 10.5 Å². The Morgan fingerprint density at radius 2 is 2.00 bits per heavy atom. The number of nitrogens with two attached hydrogens (primary N) is 1. The molecule has 1 unspecified atom stereocenters. The van der Waals surface area contributed by atoms with E-state index < -0.39 is 5.60 Å². The Labute approximate surface area is 113 Å². The van der Waals surface area contributed by atoms with Crippen LogP contribution in [0.15, 0.2) is 35.3 Å². The largest absolute Gasteiger partial charge is 0.384 e. The zero-order valence-electron chi connectivity index (χ0n) is 11.2. The van der Waals surface area contributed by atoms with Crippen LogP contribution in [0.5, 0.6) is 0 Å². The summed E-state index contributed by atoms with van der Waals surface area (Å²) in [5, 5.41) is 10.4. The van der Waals surface area contributed by atoms with Crippen molar-refractivity contribution in [2.24, 2.45) is 10.7 Å². The van der Waals surface area contributed by atoms with E-state index in [0.29, 0.717) is 19.2 Å². The van der Waals surface area contributed by atoms with Gasteiger partial charge >= 0.3 is 0 Å². The summed E-state index contributed by atoms with van der Waals surface area (Å²) in [7, 11) is 0. The van der Waals surface area contributed by atoms with Gasteiger partial charge in [0.2, 0.25) is 0 Å². The molecule has 1 aromatic rings. The number of hydrogen-bond acceptors (Lipinski definition) is 3. The first-order chi connectivity index (χ1) is 9.09. The predicted molar refractivity (Wildman–Crippen MR) is 74.9 cm³/mol. The molecular weight excluding hydrogens is 242 g/mol. The molecule has 1 fully saturated rings. The molecule has 0 aliphatic carbocycles. The van der Waals surface area contributed by atoms with Crippen LogP contribution in [0.2, 0.25) is 0 Å². The second kappa shape index (κ2) is 6.04.